The minimum absolute atomic E-state index is 0.00456. The van der Waals surface area contributed by atoms with Gasteiger partial charge in [-0.15, -0.1) is 0 Å². The Labute approximate surface area is 241 Å². The third-order valence-electron chi connectivity index (χ3n) is 8.42. The largest absolute Gasteiger partial charge is 0.508 e. The zero-order valence-corrected chi connectivity index (χ0v) is 23.4. The number of carbonyl (C=O) groups is 1. The van der Waals surface area contributed by atoms with Crippen LogP contribution in [0.25, 0.3) is 10.8 Å². The van der Waals surface area contributed by atoms with Crippen molar-refractivity contribution >= 4 is 28.2 Å². The maximum atomic E-state index is 14.9. The molecule has 0 aliphatic carbocycles. The molecule has 3 aliphatic rings. The SMILES string of the molecule is CCc1c(F)ccc2cc(O)cc(N3Cc4nc(OCC5CC(F)(F)CN5)nc(N5CCCCC(CO)C5)c4C3=O)c12. The highest BCUT2D eigenvalue weighted by Crippen LogP contribution is 2.41. The molecule has 2 unspecified atom stereocenters. The van der Waals surface area contributed by atoms with Crippen LogP contribution in [-0.2, 0) is 13.0 Å². The average Bonchev–Trinajstić information content (AvgIpc) is 3.37. The molecule has 0 saturated carbocycles. The van der Waals surface area contributed by atoms with Crippen LogP contribution in [0.3, 0.4) is 0 Å². The van der Waals surface area contributed by atoms with Crippen LogP contribution >= 0.6 is 0 Å². The van der Waals surface area contributed by atoms with Gasteiger partial charge in [-0.3, -0.25) is 4.79 Å². The van der Waals surface area contributed by atoms with Gasteiger partial charge in [0.2, 0.25) is 0 Å². The molecule has 2 atom stereocenters. The van der Waals surface area contributed by atoms with E-state index in [2.05, 4.69) is 15.3 Å². The number of aliphatic hydroxyl groups is 1. The third-order valence-corrected chi connectivity index (χ3v) is 8.42. The lowest BCUT2D eigenvalue weighted by Crippen LogP contribution is -2.33. The fourth-order valence-electron chi connectivity index (χ4n) is 6.35. The topological polar surface area (TPSA) is 111 Å². The van der Waals surface area contributed by atoms with E-state index in [0.717, 1.165) is 19.3 Å². The monoisotopic (exact) mass is 585 g/mol. The fourth-order valence-corrected chi connectivity index (χ4v) is 6.35. The first-order chi connectivity index (χ1) is 20.2. The van der Waals surface area contributed by atoms with Crippen molar-refractivity contribution in [3.8, 4) is 11.8 Å². The molecule has 6 rings (SSSR count). The van der Waals surface area contributed by atoms with Crippen LogP contribution in [0.1, 0.15) is 54.2 Å². The van der Waals surface area contributed by atoms with Crippen LogP contribution < -0.4 is 19.9 Å². The number of nitrogens with zero attached hydrogens (tertiary/aromatic N) is 4. The van der Waals surface area contributed by atoms with Gasteiger partial charge in [-0.2, -0.15) is 9.97 Å². The lowest BCUT2D eigenvalue weighted by molar-refractivity contribution is 0.0194. The Hall–Kier alpha value is -3.64. The lowest BCUT2D eigenvalue weighted by atomic mass is 9.99. The summed E-state index contributed by atoms with van der Waals surface area (Å²) in [5, 5.41) is 24.4. The quantitative estimate of drug-likeness (QED) is 0.379. The standard InChI is InChI=1S/C30H34F3N5O4/c1-2-21-22(31)7-6-18-9-20(40)10-24(25(18)21)38-13-23-26(28(38)41)27(37-8-4-3-5-17(12-37)14-39)36-29(35-23)42-15-19-11-30(32,33)16-34-19/h6-7,9-10,17,19,34,39-40H,2-5,8,11-16H2,1H3. The van der Waals surface area contributed by atoms with Gasteiger partial charge in [0.15, 0.2) is 0 Å². The summed E-state index contributed by atoms with van der Waals surface area (Å²) in [6.07, 6.45) is 2.61. The maximum absolute atomic E-state index is 14.9. The highest BCUT2D eigenvalue weighted by Gasteiger charge is 2.40. The summed E-state index contributed by atoms with van der Waals surface area (Å²) >= 11 is 0. The molecule has 3 N–H and O–H groups in total. The van der Waals surface area contributed by atoms with Crippen molar-refractivity contribution in [1.82, 2.24) is 15.3 Å². The lowest BCUT2D eigenvalue weighted by Gasteiger charge is -2.26. The second kappa shape index (κ2) is 11.2. The number of aromatic hydroxyl groups is 1. The molecule has 2 saturated heterocycles. The number of nitrogens with one attached hydrogen (secondary N) is 1. The van der Waals surface area contributed by atoms with Crippen molar-refractivity contribution in [3.05, 3.63) is 46.9 Å². The van der Waals surface area contributed by atoms with Gasteiger partial charge in [0, 0.05) is 43.6 Å². The Balaban J connectivity index is 1.41. The Kier molecular flexibility index (Phi) is 7.61. The van der Waals surface area contributed by atoms with Crippen LogP contribution in [-0.4, -0.2) is 70.9 Å². The average molecular weight is 586 g/mol. The van der Waals surface area contributed by atoms with Gasteiger partial charge in [0.25, 0.3) is 11.8 Å². The van der Waals surface area contributed by atoms with Gasteiger partial charge < -0.3 is 30.1 Å². The van der Waals surface area contributed by atoms with E-state index < -0.39 is 30.2 Å². The van der Waals surface area contributed by atoms with Gasteiger partial charge in [-0.1, -0.05) is 19.4 Å². The number of aryl methyl sites for hydroxylation is 1. The molecule has 12 heteroatoms. The number of phenolic OH excluding ortho intramolecular Hbond substituents is 1. The Bertz CT molecular complexity index is 1520. The van der Waals surface area contributed by atoms with Gasteiger partial charge in [0.05, 0.1) is 24.5 Å². The molecule has 0 radical (unpaired) electrons. The summed E-state index contributed by atoms with van der Waals surface area (Å²) in [5.74, 6) is -3.32. The number of amides is 1. The van der Waals surface area contributed by atoms with E-state index in [1.54, 1.807) is 6.07 Å². The highest BCUT2D eigenvalue weighted by atomic mass is 19.3. The predicted octanol–water partition coefficient (Wildman–Crippen LogP) is 4.17. The normalized spacial score (nSPS) is 22.1. The number of hydrogen-bond donors (Lipinski definition) is 3. The molecule has 224 valence electrons. The minimum Gasteiger partial charge on any atom is -0.508 e. The van der Waals surface area contributed by atoms with Crippen molar-refractivity contribution in [2.45, 2.75) is 57.5 Å². The number of carbonyl (C=O) groups excluding carboxylic acids is 1. The molecule has 9 nitrogen and oxygen atoms in total. The van der Waals surface area contributed by atoms with E-state index in [1.165, 1.54) is 23.1 Å². The number of aromatic nitrogens is 2. The van der Waals surface area contributed by atoms with E-state index >= 15 is 0 Å². The first-order valence-electron chi connectivity index (χ1n) is 14.4. The summed E-state index contributed by atoms with van der Waals surface area (Å²) in [4.78, 5) is 26.7. The first-order valence-corrected chi connectivity index (χ1v) is 14.4. The number of aliphatic hydroxyl groups excluding tert-OH is 1. The van der Waals surface area contributed by atoms with Crippen LogP contribution in [0, 0.1) is 11.7 Å². The van der Waals surface area contributed by atoms with Crippen molar-refractivity contribution in [3.63, 3.8) is 0 Å². The number of alkyl halides is 2. The van der Waals surface area contributed by atoms with Gasteiger partial charge in [0.1, 0.15) is 29.6 Å². The van der Waals surface area contributed by atoms with E-state index in [1.807, 2.05) is 11.8 Å². The van der Waals surface area contributed by atoms with E-state index in [0.29, 0.717) is 53.0 Å². The number of fused-ring (bicyclic) bond motifs is 2. The number of rotatable bonds is 7. The zero-order valence-electron chi connectivity index (χ0n) is 23.4. The number of hydrogen-bond acceptors (Lipinski definition) is 8. The molecule has 4 heterocycles. The number of halogens is 3. The molecule has 42 heavy (non-hydrogen) atoms. The molecule has 0 bridgehead atoms. The van der Waals surface area contributed by atoms with Crippen molar-refractivity contribution in [1.29, 1.82) is 0 Å². The van der Waals surface area contributed by atoms with Gasteiger partial charge in [-0.25, -0.2) is 13.2 Å². The zero-order chi connectivity index (χ0) is 29.6. The second-order valence-corrected chi connectivity index (χ2v) is 11.4. The summed E-state index contributed by atoms with van der Waals surface area (Å²) in [5.41, 5.74) is 1.46. The van der Waals surface area contributed by atoms with Crippen LogP contribution in [0.5, 0.6) is 11.8 Å². The van der Waals surface area contributed by atoms with Crippen LogP contribution in [0.15, 0.2) is 24.3 Å². The number of phenols is 1. The van der Waals surface area contributed by atoms with Crippen molar-refractivity contribution in [2.75, 3.05) is 42.6 Å². The Morgan fingerprint density at radius 3 is 2.79 bits per heavy atom. The molecule has 2 aromatic carbocycles. The van der Waals surface area contributed by atoms with Gasteiger partial charge >= 0.3 is 6.01 Å². The van der Waals surface area contributed by atoms with E-state index in [4.69, 9.17) is 4.74 Å². The van der Waals surface area contributed by atoms with Crippen molar-refractivity contribution < 1.29 is 32.9 Å². The molecule has 1 amide bonds. The summed E-state index contributed by atoms with van der Waals surface area (Å²) in [6, 6.07) is 5.32. The highest BCUT2D eigenvalue weighted by molar-refractivity contribution is 6.16. The molecule has 3 aliphatic heterocycles. The smallest absolute Gasteiger partial charge is 0.318 e. The van der Waals surface area contributed by atoms with E-state index in [-0.39, 0.29) is 49.4 Å². The molecule has 1 aromatic heterocycles. The van der Waals surface area contributed by atoms with E-state index in [9.17, 15) is 28.2 Å². The minimum atomic E-state index is -2.81. The molecule has 3 aromatic rings. The number of ether oxygens (including phenoxy) is 1. The predicted molar refractivity (Wildman–Crippen MR) is 151 cm³/mol. The van der Waals surface area contributed by atoms with Crippen LogP contribution in [0.4, 0.5) is 24.7 Å². The summed E-state index contributed by atoms with van der Waals surface area (Å²) in [6.45, 7) is 2.43. The number of benzene rings is 2. The molecular formula is C30H34F3N5O4. The maximum Gasteiger partial charge on any atom is 0.318 e. The summed E-state index contributed by atoms with van der Waals surface area (Å²) in [7, 11) is 0. The number of anilines is 2. The molecular weight excluding hydrogens is 551 g/mol. The summed E-state index contributed by atoms with van der Waals surface area (Å²) < 4.78 is 48.2. The Morgan fingerprint density at radius 1 is 1.21 bits per heavy atom. The Morgan fingerprint density at radius 2 is 2.05 bits per heavy atom. The molecule has 0 spiro atoms. The van der Waals surface area contributed by atoms with Crippen LogP contribution in [0.2, 0.25) is 0 Å². The fraction of sp³-hybridized carbons (Fsp3) is 0.500. The first kappa shape index (κ1) is 28.5. The third kappa shape index (κ3) is 5.33. The second-order valence-electron chi connectivity index (χ2n) is 11.4. The van der Waals surface area contributed by atoms with Gasteiger partial charge in [-0.05, 0) is 48.3 Å². The van der Waals surface area contributed by atoms with Crippen molar-refractivity contribution in [2.24, 2.45) is 5.92 Å². The molecule has 2 fully saturated rings.